The number of halogens is 6. The molecule has 0 saturated heterocycles. The Morgan fingerprint density at radius 2 is 1.86 bits per heavy atom. The fourth-order valence-electron chi connectivity index (χ4n) is 0.815. The van der Waals surface area contributed by atoms with E-state index in [1.54, 1.807) is 0 Å². The van der Waals surface area contributed by atoms with E-state index in [1.165, 1.54) is 0 Å². The standard InChI is InChI=1S/C7H3BrClF4N/c8-3-1-2(7(11,12)13)4(9)5(10)6(3)14/h1H,14H2. The zero-order valence-electron chi connectivity index (χ0n) is 6.42. The predicted molar refractivity (Wildman–Crippen MR) is 48.5 cm³/mol. The summed E-state index contributed by atoms with van der Waals surface area (Å²) in [4.78, 5) is 0. The average Bonchev–Trinajstić information content (AvgIpc) is 2.06. The Labute approximate surface area is 90.0 Å². The molecule has 1 aromatic rings. The van der Waals surface area contributed by atoms with Crippen LogP contribution in [0.5, 0.6) is 0 Å². The minimum Gasteiger partial charge on any atom is -0.395 e. The first-order valence-corrected chi connectivity index (χ1v) is 4.42. The number of nitrogen functional groups attached to an aromatic ring is 1. The molecule has 0 radical (unpaired) electrons. The summed E-state index contributed by atoms with van der Waals surface area (Å²) in [7, 11) is 0. The van der Waals surface area contributed by atoms with Crippen molar-refractivity contribution in [2.24, 2.45) is 0 Å². The number of hydrogen-bond acceptors (Lipinski definition) is 1. The van der Waals surface area contributed by atoms with E-state index in [0.29, 0.717) is 6.07 Å². The molecule has 0 aliphatic carbocycles. The molecule has 0 amide bonds. The van der Waals surface area contributed by atoms with Crippen LogP contribution in [0.3, 0.4) is 0 Å². The van der Waals surface area contributed by atoms with Gasteiger partial charge in [0.1, 0.15) is 0 Å². The van der Waals surface area contributed by atoms with E-state index in [9.17, 15) is 17.6 Å². The number of hydrogen-bond donors (Lipinski definition) is 1. The highest BCUT2D eigenvalue weighted by molar-refractivity contribution is 9.10. The monoisotopic (exact) mass is 291 g/mol. The fraction of sp³-hybridized carbons (Fsp3) is 0.143. The van der Waals surface area contributed by atoms with Gasteiger partial charge >= 0.3 is 6.18 Å². The molecule has 0 saturated carbocycles. The predicted octanol–water partition coefficient (Wildman–Crippen LogP) is 3.84. The first-order chi connectivity index (χ1) is 6.25. The van der Waals surface area contributed by atoms with Crippen molar-refractivity contribution >= 4 is 33.2 Å². The van der Waals surface area contributed by atoms with Gasteiger partial charge in [0, 0.05) is 4.47 Å². The van der Waals surface area contributed by atoms with Crippen molar-refractivity contribution in [3.8, 4) is 0 Å². The van der Waals surface area contributed by atoms with E-state index in [0.717, 1.165) is 0 Å². The van der Waals surface area contributed by atoms with Gasteiger partial charge in [0.2, 0.25) is 0 Å². The summed E-state index contributed by atoms with van der Waals surface area (Å²) >= 11 is 7.86. The van der Waals surface area contributed by atoms with Crippen molar-refractivity contribution in [2.75, 3.05) is 5.73 Å². The molecule has 0 fully saturated rings. The lowest BCUT2D eigenvalue weighted by Crippen LogP contribution is -2.08. The van der Waals surface area contributed by atoms with Gasteiger partial charge in [-0.1, -0.05) is 11.6 Å². The van der Waals surface area contributed by atoms with Crippen LogP contribution in [-0.4, -0.2) is 0 Å². The summed E-state index contributed by atoms with van der Waals surface area (Å²) in [6.45, 7) is 0. The van der Waals surface area contributed by atoms with Crippen molar-refractivity contribution in [1.82, 2.24) is 0 Å². The first kappa shape index (κ1) is 11.6. The van der Waals surface area contributed by atoms with Gasteiger partial charge in [-0.2, -0.15) is 13.2 Å². The summed E-state index contributed by atoms with van der Waals surface area (Å²) in [6, 6.07) is 0.640. The highest BCUT2D eigenvalue weighted by atomic mass is 79.9. The summed E-state index contributed by atoms with van der Waals surface area (Å²) in [5, 5.41) is -1.02. The topological polar surface area (TPSA) is 26.0 Å². The zero-order chi connectivity index (χ0) is 11.1. The van der Waals surface area contributed by atoms with Crippen molar-refractivity contribution in [3.63, 3.8) is 0 Å². The smallest absolute Gasteiger partial charge is 0.395 e. The molecule has 2 N–H and O–H groups in total. The van der Waals surface area contributed by atoms with Crippen LogP contribution in [0.15, 0.2) is 10.5 Å². The van der Waals surface area contributed by atoms with Crippen molar-refractivity contribution < 1.29 is 17.6 Å². The summed E-state index contributed by atoms with van der Waals surface area (Å²) in [6.07, 6.45) is -4.70. The third-order valence-corrected chi connectivity index (χ3v) is 2.53. The number of anilines is 1. The Morgan fingerprint density at radius 3 is 2.29 bits per heavy atom. The quantitative estimate of drug-likeness (QED) is 0.439. The minimum atomic E-state index is -4.70. The van der Waals surface area contributed by atoms with Gasteiger partial charge < -0.3 is 5.73 Å². The lowest BCUT2D eigenvalue weighted by atomic mass is 10.2. The summed E-state index contributed by atoms with van der Waals surface area (Å²) < 4.78 is 49.5. The fourth-order valence-corrected chi connectivity index (χ4v) is 1.48. The van der Waals surface area contributed by atoms with Gasteiger partial charge in [0.25, 0.3) is 0 Å². The number of rotatable bonds is 0. The molecule has 0 unspecified atom stereocenters. The second kappa shape index (κ2) is 3.58. The van der Waals surface area contributed by atoms with Crippen LogP contribution in [0.25, 0.3) is 0 Å². The third kappa shape index (κ3) is 1.95. The normalized spacial score (nSPS) is 11.9. The Bertz CT molecular complexity index is 377. The maximum atomic E-state index is 13.0. The number of nitrogens with two attached hydrogens (primary N) is 1. The molecule has 78 valence electrons. The molecule has 0 atom stereocenters. The highest BCUT2D eigenvalue weighted by Gasteiger charge is 2.35. The SMILES string of the molecule is Nc1c(Br)cc(C(F)(F)F)c(Cl)c1F. The Hall–Kier alpha value is -0.490. The van der Waals surface area contributed by atoms with Crippen LogP contribution in [0, 0.1) is 5.82 Å². The molecule has 7 heteroatoms. The third-order valence-electron chi connectivity index (χ3n) is 1.50. The molecule has 0 spiro atoms. The molecular weight excluding hydrogens is 289 g/mol. The largest absolute Gasteiger partial charge is 0.417 e. The van der Waals surface area contributed by atoms with E-state index in [4.69, 9.17) is 17.3 Å². The van der Waals surface area contributed by atoms with E-state index in [2.05, 4.69) is 15.9 Å². The van der Waals surface area contributed by atoms with Crippen LogP contribution < -0.4 is 5.73 Å². The second-order valence-corrected chi connectivity index (χ2v) is 3.68. The molecule has 0 aromatic heterocycles. The summed E-state index contributed by atoms with van der Waals surface area (Å²) in [5.41, 5.74) is 3.43. The second-order valence-electron chi connectivity index (χ2n) is 2.45. The van der Waals surface area contributed by atoms with Crippen LogP contribution in [0.2, 0.25) is 5.02 Å². The Kier molecular flexibility index (Phi) is 2.96. The van der Waals surface area contributed by atoms with E-state index in [-0.39, 0.29) is 4.47 Å². The van der Waals surface area contributed by atoms with Crippen LogP contribution in [-0.2, 0) is 6.18 Å². The molecule has 1 rings (SSSR count). The minimum absolute atomic E-state index is 0.174. The van der Waals surface area contributed by atoms with Gasteiger partial charge in [-0.15, -0.1) is 0 Å². The number of benzene rings is 1. The van der Waals surface area contributed by atoms with E-state index in [1.807, 2.05) is 0 Å². The maximum absolute atomic E-state index is 13.0. The lowest BCUT2D eigenvalue weighted by Gasteiger charge is -2.11. The van der Waals surface area contributed by atoms with Gasteiger partial charge in [0.15, 0.2) is 5.82 Å². The number of alkyl halides is 3. The van der Waals surface area contributed by atoms with Gasteiger partial charge in [-0.3, -0.25) is 0 Å². The molecule has 0 heterocycles. The molecular formula is C7H3BrClF4N. The Balaban J connectivity index is 3.49. The zero-order valence-corrected chi connectivity index (χ0v) is 8.76. The van der Waals surface area contributed by atoms with E-state index >= 15 is 0 Å². The molecule has 0 aliphatic rings. The van der Waals surface area contributed by atoms with Crippen LogP contribution >= 0.6 is 27.5 Å². The van der Waals surface area contributed by atoms with Crippen molar-refractivity contribution in [2.45, 2.75) is 6.18 Å². The molecule has 0 bridgehead atoms. The molecule has 14 heavy (non-hydrogen) atoms. The van der Waals surface area contributed by atoms with E-state index < -0.39 is 28.3 Å². The lowest BCUT2D eigenvalue weighted by molar-refractivity contribution is -0.137. The first-order valence-electron chi connectivity index (χ1n) is 3.25. The van der Waals surface area contributed by atoms with Gasteiger partial charge in [-0.25, -0.2) is 4.39 Å². The molecule has 0 aliphatic heterocycles. The highest BCUT2D eigenvalue weighted by Crippen LogP contribution is 2.40. The average molecular weight is 292 g/mol. The summed E-state index contributed by atoms with van der Waals surface area (Å²) in [5.74, 6) is -1.27. The van der Waals surface area contributed by atoms with Crippen molar-refractivity contribution in [1.29, 1.82) is 0 Å². The Morgan fingerprint density at radius 1 is 1.36 bits per heavy atom. The maximum Gasteiger partial charge on any atom is 0.417 e. The van der Waals surface area contributed by atoms with Crippen molar-refractivity contribution in [3.05, 3.63) is 26.9 Å². The molecule has 1 nitrogen and oxygen atoms in total. The molecule has 1 aromatic carbocycles. The van der Waals surface area contributed by atoms with Gasteiger partial charge in [-0.05, 0) is 22.0 Å². The van der Waals surface area contributed by atoms with Crippen LogP contribution in [0.1, 0.15) is 5.56 Å². The van der Waals surface area contributed by atoms with Crippen LogP contribution in [0.4, 0.5) is 23.2 Å². The van der Waals surface area contributed by atoms with Gasteiger partial charge in [0.05, 0.1) is 16.3 Å².